The van der Waals surface area contributed by atoms with Gasteiger partial charge in [0, 0.05) is 37.4 Å². The second-order valence-corrected chi connectivity index (χ2v) is 4.18. The summed E-state index contributed by atoms with van der Waals surface area (Å²) in [7, 11) is 2.00. The molecule has 0 fully saturated rings. The Morgan fingerprint density at radius 2 is 1.67 bits per heavy atom. The first-order chi connectivity index (χ1) is 8.84. The largest absolute Gasteiger partial charge is 0.334 e. The SMILES string of the molecule is Cn1ccnc1-c1cccc(-c2ccncc2)c1. The monoisotopic (exact) mass is 235 g/mol. The first-order valence-corrected chi connectivity index (χ1v) is 5.83. The molecule has 3 rings (SSSR count). The Labute approximate surface area is 106 Å². The molecule has 0 unspecified atom stereocenters. The van der Waals surface area contributed by atoms with Crippen molar-refractivity contribution in [2.24, 2.45) is 7.05 Å². The fourth-order valence-corrected chi connectivity index (χ4v) is 2.03. The first kappa shape index (κ1) is 10.7. The Morgan fingerprint density at radius 1 is 0.889 bits per heavy atom. The second-order valence-electron chi connectivity index (χ2n) is 4.18. The molecule has 0 amide bonds. The number of rotatable bonds is 2. The van der Waals surface area contributed by atoms with Crippen molar-refractivity contribution in [2.45, 2.75) is 0 Å². The average molecular weight is 235 g/mol. The summed E-state index contributed by atoms with van der Waals surface area (Å²) in [4.78, 5) is 8.41. The molecular formula is C15H13N3. The van der Waals surface area contributed by atoms with Crippen LogP contribution in [0.4, 0.5) is 0 Å². The van der Waals surface area contributed by atoms with Crippen molar-refractivity contribution in [3.8, 4) is 22.5 Å². The van der Waals surface area contributed by atoms with Gasteiger partial charge in [0.15, 0.2) is 0 Å². The maximum atomic E-state index is 4.37. The fraction of sp³-hybridized carbons (Fsp3) is 0.0667. The highest BCUT2D eigenvalue weighted by atomic mass is 15.0. The number of hydrogen-bond donors (Lipinski definition) is 0. The number of aryl methyl sites for hydroxylation is 1. The van der Waals surface area contributed by atoms with Gasteiger partial charge in [-0.25, -0.2) is 4.98 Å². The first-order valence-electron chi connectivity index (χ1n) is 5.83. The molecule has 0 atom stereocenters. The molecule has 18 heavy (non-hydrogen) atoms. The van der Waals surface area contributed by atoms with E-state index < -0.39 is 0 Å². The van der Waals surface area contributed by atoms with Crippen LogP contribution in [0.1, 0.15) is 0 Å². The summed E-state index contributed by atoms with van der Waals surface area (Å²) in [6.45, 7) is 0. The van der Waals surface area contributed by atoms with Crippen LogP contribution in [0, 0.1) is 0 Å². The quantitative estimate of drug-likeness (QED) is 0.683. The zero-order chi connectivity index (χ0) is 12.4. The molecule has 3 nitrogen and oxygen atoms in total. The van der Waals surface area contributed by atoms with Gasteiger partial charge in [-0.2, -0.15) is 0 Å². The van der Waals surface area contributed by atoms with Gasteiger partial charge in [0.1, 0.15) is 5.82 Å². The summed E-state index contributed by atoms with van der Waals surface area (Å²) in [5.41, 5.74) is 3.47. The molecule has 0 bridgehead atoms. The van der Waals surface area contributed by atoms with Crippen molar-refractivity contribution in [2.75, 3.05) is 0 Å². The van der Waals surface area contributed by atoms with Crippen LogP contribution in [0.25, 0.3) is 22.5 Å². The highest BCUT2D eigenvalue weighted by Gasteiger charge is 2.04. The van der Waals surface area contributed by atoms with E-state index in [2.05, 4.69) is 34.2 Å². The topological polar surface area (TPSA) is 30.7 Å². The number of pyridine rings is 1. The molecule has 0 saturated heterocycles. The maximum Gasteiger partial charge on any atom is 0.139 e. The van der Waals surface area contributed by atoms with Gasteiger partial charge in [-0.3, -0.25) is 4.98 Å². The molecule has 0 N–H and O–H groups in total. The molecule has 1 aromatic carbocycles. The lowest BCUT2D eigenvalue weighted by molar-refractivity contribution is 0.925. The van der Waals surface area contributed by atoms with Crippen LogP contribution in [0.15, 0.2) is 61.2 Å². The van der Waals surface area contributed by atoms with E-state index in [0.717, 1.165) is 11.4 Å². The van der Waals surface area contributed by atoms with Crippen LogP contribution >= 0.6 is 0 Å². The normalized spacial score (nSPS) is 10.5. The molecule has 0 saturated carbocycles. The molecule has 0 radical (unpaired) electrons. The molecule has 0 aliphatic carbocycles. The minimum atomic E-state index is 0.978. The molecule has 88 valence electrons. The van der Waals surface area contributed by atoms with E-state index in [1.807, 2.05) is 48.5 Å². The lowest BCUT2D eigenvalue weighted by atomic mass is 10.0. The van der Waals surface area contributed by atoms with E-state index in [4.69, 9.17) is 0 Å². The fourth-order valence-electron chi connectivity index (χ4n) is 2.03. The van der Waals surface area contributed by atoms with Crippen molar-refractivity contribution < 1.29 is 0 Å². The Morgan fingerprint density at radius 3 is 2.39 bits per heavy atom. The molecule has 0 aliphatic rings. The summed E-state index contributed by atoms with van der Waals surface area (Å²) in [5.74, 6) is 0.978. The Hall–Kier alpha value is -2.42. The third kappa shape index (κ3) is 1.91. The van der Waals surface area contributed by atoms with Crippen molar-refractivity contribution in [1.29, 1.82) is 0 Å². The molecule has 3 heteroatoms. The average Bonchev–Trinajstić information content (AvgIpc) is 2.86. The van der Waals surface area contributed by atoms with Gasteiger partial charge in [-0.15, -0.1) is 0 Å². The van der Waals surface area contributed by atoms with Crippen molar-refractivity contribution in [3.63, 3.8) is 0 Å². The second kappa shape index (κ2) is 4.45. The summed E-state index contributed by atoms with van der Waals surface area (Å²) in [5, 5.41) is 0. The molecule has 2 aromatic heterocycles. The summed E-state index contributed by atoms with van der Waals surface area (Å²) in [6, 6.07) is 12.4. The molecule has 3 aromatic rings. The zero-order valence-electron chi connectivity index (χ0n) is 10.1. The van der Waals surface area contributed by atoms with Crippen molar-refractivity contribution >= 4 is 0 Å². The van der Waals surface area contributed by atoms with Gasteiger partial charge in [-0.1, -0.05) is 18.2 Å². The zero-order valence-corrected chi connectivity index (χ0v) is 10.1. The third-order valence-electron chi connectivity index (χ3n) is 2.96. The van der Waals surface area contributed by atoms with Crippen molar-refractivity contribution in [1.82, 2.24) is 14.5 Å². The number of hydrogen-bond acceptors (Lipinski definition) is 2. The van der Waals surface area contributed by atoms with Crippen LogP contribution in [0.3, 0.4) is 0 Å². The summed E-state index contributed by atoms with van der Waals surface area (Å²) in [6.07, 6.45) is 7.38. The van der Waals surface area contributed by atoms with Gasteiger partial charge in [0.25, 0.3) is 0 Å². The number of aromatic nitrogens is 3. The predicted molar refractivity (Wildman–Crippen MR) is 71.9 cm³/mol. The van der Waals surface area contributed by atoms with E-state index in [1.54, 1.807) is 0 Å². The number of imidazole rings is 1. The number of benzene rings is 1. The van der Waals surface area contributed by atoms with Crippen LogP contribution < -0.4 is 0 Å². The maximum absolute atomic E-state index is 4.37. The van der Waals surface area contributed by atoms with Crippen LogP contribution in [-0.2, 0) is 7.05 Å². The third-order valence-corrected chi connectivity index (χ3v) is 2.96. The highest BCUT2D eigenvalue weighted by molar-refractivity contribution is 5.69. The van der Waals surface area contributed by atoms with E-state index in [1.165, 1.54) is 11.1 Å². The molecule has 2 heterocycles. The molecule has 0 aliphatic heterocycles. The lowest BCUT2D eigenvalue weighted by Gasteiger charge is -2.05. The van der Waals surface area contributed by atoms with Gasteiger partial charge in [0.2, 0.25) is 0 Å². The smallest absolute Gasteiger partial charge is 0.139 e. The van der Waals surface area contributed by atoms with Gasteiger partial charge < -0.3 is 4.57 Å². The van der Waals surface area contributed by atoms with E-state index in [-0.39, 0.29) is 0 Å². The Balaban J connectivity index is 2.08. The van der Waals surface area contributed by atoms with Crippen LogP contribution in [0.5, 0.6) is 0 Å². The predicted octanol–water partition coefficient (Wildman–Crippen LogP) is 3.15. The van der Waals surface area contributed by atoms with Crippen molar-refractivity contribution in [3.05, 3.63) is 61.2 Å². The van der Waals surface area contributed by atoms with Gasteiger partial charge in [-0.05, 0) is 29.3 Å². The summed E-state index contributed by atoms with van der Waals surface area (Å²) < 4.78 is 2.02. The van der Waals surface area contributed by atoms with Gasteiger partial charge in [0.05, 0.1) is 0 Å². The Kier molecular flexibility index (Phi) is 2.65. The minimum Gasteiger partial charge on any atom is -0.334 e. The standard InChI is InChI=1S/C15H13N3/c1-18-10-9-17-15(18)14-4-2-3-13(11-14)12-5-7-16-8-6-12/h2-11H,1H3. The van der Waals surface area contributed by atoms with Crippen LogP contribution in [0.2, 0.25) is 0 Å². The van der Waals surface area contributed by atoms with E-state index >= 15 is 0 Å². The minimum absolute atomic E-state index is 0.978. The molecular weight excluding hydrogens is 222 g/mol. The van der Waals surface area contributed by atoms with E-state index in [9.17, 15) is 0 Å². The number of nitrogens with zero attached hydrogens (tertiary/aromatic N) is 3. The van der Waals surface area contributed by atoms with Gasteiger partial charge >= 0.3 is 0 Å². The highest BCUT2D eigenvalue weighted by Crippen LogP contribution is 2.24. The van der Waals surface area contributed by atoms with E-state index in [0.29, 0.717) is 0 Å². The molecule has 0 spiro atoms. The summed E-state index contributed by atoms with van der Waals surface area (Å²) >= 11 is 0. The Bertz CT molecular complexity index is 656. The van der Waals surface area contributed by atoms with Crippen LogP contribution in [-0.4, -0.2) is 14.5 Å². The lowest BCUT2D eigenvalue weighted by Crippen LogP contribution is -1.91.